The molecule has 0 aliphatic carbocycles. The topological polar surface area (TPSA) is 69.7 Å². The van der Waals surface area contributed by atoms with Crippen molar-refractivity contribution in [1.82, 2.24) is 4.90 Å². The fourth-order valence-electron chi connectivity index (χ4n) is 4.04. The first-order chi connectivity index (χ1) is 14.0. The number of aryl methyl sites for hydroxylation is 1. The Morgan fingerprint density at radius 2 is 1.97 bits per heavy atom. The van der Waals surface area contributed by atoms with Crippen molar-refractivity contribution in [3.8, 4) is 0 Å². The molecule has 150 valence electrons. The second-order valence-corrected chi connectivity index (χ2v) is 7.46. The smallest absolute Gasteiger partial charge is 0.256 e. The number of piperidine rings is 1. The van der Waals surface area contributed by atoms with Gasteiger partial charge in [0.2, 0.25) is 11.8 Å². The number of hydrogen-bond acceptors (Lipinski definition) is 3. The maximum absolute atomic E-state index is 13.3. The van der Waals surface area contributed by atoms with E-state index in [0.717, 1.165) is 12.8 Å². The second kappa shape index (κ2) is 7.66. The van der Waals surface area contributed by atoms with Gasteiger partial charge in [0.1, 0.15) is 18.4 Å². The Bertz CT molecular complexity index is 991. The van der Waals surface area contributed by atoms with Crippen LogP contribution in [0.5, 0.6) is 0 Å². The zero-order valence-corrected chi connectivity index (χ0v) is 16.2. The predicted octanol–water partition coefficient (Wildman–Crippen LogP) is 3.11. The summed E-state index contributed by atoms with van der Waals surface area (Å²) in [6.45, 7) is 2.02. The lowest BCUT2D eigenvalue weighted by Gasteiger charge is -2.34. The highest BCUT2D eigenvalue weighted by molar-refractivity contribution is 6.13. The van der Waals surface area contributed by atoms with Crippen molar-refractivity contribution in [2.24, 2.45) is 0 Å². The molecule has 0 aromatic heterocycles. The van der Waals surface area contributed by atoms with Crippen LogP contribution < -0.4 is 10.2 Å². The van der Waals surface area contributed by atoms with Crippen LogP contribution in [0.15, 0.2) is 42.5 Å². The molecule has 1 atom stereocenters. The van der Waals surface area contributed by atoms with Crippen molar-refractivity contribution in [2.45, 2.75) is 32.2 Å². The SMILES string of the molecule is Cc1cc(F)ccc1NC(=O)CN1C(=O)C2CCCCN2C(=O)c2ccccc21. The number of carbonyl (C=O) groups excluding carboxylic acids is 3. The maximum atomic E-state index is 13.3. The summed E-state index contributed by atoms with van der Waals surface area (Å²) < 4.78 is 13.3. The van der Waals surface area contributed by atoms with Gasteiger partial charge < -0.3 is 15.1 Å². The number of rotatable bonds is 3. The lowest BCUT2D eigenvalue weighted by molar-refractivity contribution is -0.125. The molecule has 1 saturated heterocycles. The molecule has 0 bridgehead atoms. The first-order valence-electron chi connectivity index (χ1n) is 9.73. The van der Waals surface area contributed by atoms with Crippen LogP contribution in [0, 0.1) is 12.7 Å². The molecule has 1 unspecified atom stereocenters. The lowest BCUT2D eigenvalue weighted by Crippen LogP contribution is -2.52. The highest BCUT2D eigenvalue weighted by atomic mass is 19.1. The number of para-hydroxylation sites is 1. The van der Waals surface area contributed by atoms with Gasteiger partial charge in [-0.15, -0.1) is 0 Å². The third-order valence-electron chi connectivity index (χ3n) is 5.50. The largest absolute Gasteiger partial charge is 0.327 e. The van der Waals surface area contributed by atoms with Crippen molar-refractivity contribution in [1.29, 1.82) is 0 Å². The molecule has 2 aromatic rings. The van der Waals surface area contributed by atoms with Gasteiger partial charge in [-0.1, -0.05) is 12.1 Å². The summed E-state index contributed by atoms with van der Waals surface area (Å²) in [5.41, 5.74) is 1.95. The third kappa shape index (κ3) is 3.60. The number of benzene rings is 2. The van der Waals surface area contributed by atoms with Crippen LogP contribution >= 0.6 is 0 Å². The summed E-state index contributed by atoms with van der Waals surface area (Å²) in [6.07, 6.45) is 2.32. The highest BCUT2D eigenvalue weighted by Crippen LogP contribution is 2.31. The number of anilines is 2. The summed E-state index contributed by atoms with van der Waals surface area (Å²) in [4.78, 5) is 42.1. The van der Waals surface area contributed by atoms with Gasteiger partial charge in [0.05, 0.1) is 11.3 Å². The molecule has 2 heterocycles. The van der Waals surface area contributed by atoms with Crippen molar-refractivity contribution in [3.05, 3.63) is 59.4 Å². The van der Waals surface area contributed by atoms with Gasteiger partial charge in [-0.2, -0.15) is 0 Å². The molecule has 29 heavy (non-hydrogen) atoms. The number of nitrogens with zero attached hydrogens (tertiary/aromatic N) is 2. The first kappa shape index (κ1) is 19.1. The quantitative estimate of drug-likeness (QED) is 0.868. The Balaban J connectivity index is 1.64. The summed E-state index contributed by atoms with van der Waals surface area (Å²) in [7, 11) is 0. The van der Waals surface area contributed by atoms with E-state index in [4.69, 9.17) is 0 Å². The van der Waals surface area contributed by atoms with E-state index in [2.05, 4.69) is 5.32 Å². The van der Waals surface area contributed by atoms with Gasteiger partial charge in [-0.25, -0.2) is 4.39 Å². The average Bonchev–Trinajstić information content (AvgIpc) is 2.80. The molecule has 2 aromatic carbocycles. The first-order valence-corrected chi connectivity index (χ1v) is 9.73. The fourth-order valence-corrected chi connectivity index (χ4v) is 4.04. The molecule has 7 heteroatoms. The van der Waals surface area contributed by atoms with Gasteiger partial charge >= 0.3 is 0 Å². The van der Waals surface area contributed by atoms with Gasteiger partial charge in [0.15, 0.2) is 0 Å². The predicted molar refractivity (Wildman–Crippen MR) is 107 cm³/mol. The molecule has 2 aliphatic heterocycles. The van der Waals surface area contributed by atoms with Crippen LogP contribution in [0.2, 0.25) is 0 Å². The van der Waals surface area contributed by atoms with E-state index in [-0.39, 0.29) is 24.2 Å². The molecule has 0 spiro atoms. The number of nitrogens with one attached hydrogen (secondary N) is 1. The van der Waals surface area contributed by atoms with Crippen molar-refractivity contribution >= 4 is 29.1 Å². The van der Waals surface area contributed by atoms with Crippen LogP contribution in [0.3, 0.4) is 0 Å². The Hall–Kier alpha value is -3.22. The van der Waals surface area contributed by atoms with E-state index >= 15 is 0 Å². The number of halogens is 1. The van der Waals surface area contributed by atoms with E-state index in [9.17, 15) is 18.8 Å². The van der Waals surface area contributed by atoms with E-state index in [1.165, 1.54) is 23.1 Å². The average molecular weight is 395 g/mol. The fraction of sp³-hybridized carbons (Fsp3) is 0.318. The summed E-state index contributed by atoms with van der Waals surface area (Å²) in [5, 5.41) is 2.74. The minimum absolute atomic E-state index is 0.170. The Kier molecular flexibility index (Phi) is 5.05. The molecule has 1 fully saturated rings. The second-order valence-electron chi connectivity index (χ2n) is 7.46. The number of fused-ring (bicyclic) bond motifs is 2. The Labute approximate surface area is 168 Å². The zero-order valence-electron chi connectivity index (χ0n) is 16.2. The standard InChI is InChI=1S/C22H22FN3O3/c1-14-12-15(23)9-10-17(14)24-20(27)13-26-18-7-3-2-6-16(18)21(28)25-11-5-4-8-19(25)22(26)29/h2-3,6-7,9-10,12,19H,4-5,8,11,13H2,1H3,(H,24,27). The number of carbonyl (C=O) groups is 3. The minimum atomic E-state index is -0.552. The number of amides is 3. The Morgan fingerprint density at radius 3 is 2.76 bits per heavy atom. The maximum Gasteiger partial charge on any atom is 0.256 e. The van der Waals surface area contributed by atoms with Gasteiger partial charge in [-0.05, 0) is 62.1 Å². The van der Waals surface area contributed by atoms with E-state index in [1.54, 1.807) is 36.1 Å². The van der Waals surface area contributed by atoms with Gasteiger partial charge in [0.25, 0.3) is 5.91 Å². The molecule has 1 N–H and O–H groups in total. The minimum Gasteiger partial charge on any atom is -0.327 e. The summed E-state index contributed by atoms with van der Waals surface area (Å²) in [6, 6.07) is 10.4. The Morgan fingerprint density at radius 1 is 1.17 bits per heavy atom. The molecule has 0 saturated carbocycles. The molecular weight excluding hydrogens is 373 g/mol. The highest BCUT2D eigenvalue weighted by Gasteiger charge is 2.40. The van der Waals surface area contributed by atoms with E-state index in [1.807, 2.05) is 0 Å². The molecular formula is C22H22FN3O3. The van der Waals surface area contributed by atoms with E-state index in [0.29, 0.717) is 35.5 Å². The molecule has 6 nitrogen and oxygen atoms in total. The molecule has 2 aliphatic rings. The number of hydrogen-bond donors (Lipinski definition) is 1. The van der Waals surface area contributed by atoms with Crippen LogP contribution in [-0.2, 0) is 9.59 Å². The van der Waals surface area contributed by atoms with E-state index < -0.39 is 11.9 Å². The lowest BCUT2D eigenvalue weighted by atomic mass is 10.0. The van der Waals surface area contributed by atoms with Crippen molar-refractivity contribution in [3.63, 3.8) is 0 Å². The van der Waals surface area contributed by atoms with Crippen molar-refractivity contribution in [2.75, 3.05) is 23.3 Å². The summed E-state index contributed by atoms with van der Waals surface area (Å²) >= 11 is 0. The van der Waals surface area contributed by atoms with Crippen LogP contribution in [0.1, 0.15) is 35.2 Å². The zero-order chi connectivity index (χ0) is 20.5. The summed E-state index contributed by atoms with van der Waals surface area (Å²) in [5.74, 6) is -1.20. The molecule has 4 rings (SSSR count). The van der Waals surface area contributed by atoms with Crippen LogP contribution in [0.25, 0.3) is 0 Å². The molecule has 3 amide bonds. The monoisotopic (exact) mass is 395 g/mol. The van der Waals surface area contributed by atoms with Crippen LogP contribution in [0.4, 0.5) is 15.8 Å². The van der Waals surface area contributed by atoms with Crippen LogP contribution in [-0.4, -0.2) is 41.8 Å². The normalized spacial score (nSPS) is 18.8. The van der Waals surface area contributed by atoms with Gasteiger partial charge in [-0.3, -0.25) is 14.4 Å². The van der Waals surface area contributed by atoms with Crippen molar-refractivity contribution < 1.29 is 18.8 Å². The molecule has 0 radical (unpaired) electrons. The third-order valence-corrected chi connectivity index (χ3v) is 5.50. The van der Waals surface area contributed by atoms with Gasteiger partial charge in [0, 0.05) is 12.2 Å².